The van der Waals surface area contributed by atoms with Crippen molar-refractivity contribution in [3.63, 3.8) is 0 Å². The monoisotopic (exact) mass is 368 g/mol. The van der Waals surface area contributed by atoms with E-state index in [1.54, 1.807) is 0 Å². The van der Waals surface area contributed by atoms with Gasteiger partial charge in [-0.15, -0.1) is 0 Å². The van der Waals surface area contributed by atoms with Crippen LogP contribution in [-0.2, 0) is 16.8 Å². The molecule has 2 N–H and O–H groups in total. The molecule has 4 heteroatoms. The van der Waals surface area contributed by atoms with Crippen LogP contribution in [0.1, 0.15) is 48.4 Å². The van der Waals surface area contributed by atoms with Gasteiger partial charge in [0, 0.05) is 29.6 Å². The minimum absolute atomic E-state index is 0.00461. The van der Waals surface area contributed by atoms with Crippen molar-refractivity contribution in [1.82, 2.24) is 4.90 Å². The number of nitrogens with two attached hydrogens (primary N) is 1. The van der Waals surface area contributed by atoms with Gasteiger partial charge in [-0.05, 0) is 54.5 Å². The van der Waals surface area contributed by atoms with Crippen molar-refractivity contribution in [3.05, 3.63) is 70.2 Å². The minimum Gasteiger partial charge on any atom is -0.330 e. The van der Waals surface area contributed by atoms with Gasteiger partial charge in [-0.25, -0.2) is 0 Å². The second-order valence-electron chi connectivity index (χ2n) is 7.68. The van der Waals surface area contributed by atoms with Crippen LogP contribution in [0.15, 0.2) is 48.5 Å². The Bertz CT molecular complexity index is 798. The molecule has 2 aromatic carbocycles. The molecule has 2 aliphatic rings. The lowest BCUT2D eigenvalue weighted by Gasteiger charge is -2.43. The fraction of sp³-hybridized carbons (Fsp3) is 0.409. The Labute approximate surface area is 160 Å². The van der Waals surface area contributed by atoms with Crippen molar-refractivity contribution in [1.29, 1.82) is 0 Å². The molecule has 1 atom stereocenters. The number of hydrogen-bond acceptors (Lipinski definition) is 3. The fourth-order valence-electron chi connectivity index (χ4n) is 4.86. The van der Waals surface area contributed by atoms with Gasteiger partial charge >= 0.3 is 0 Å². The van der Waals surface area contributed by atoms with Crippen molar-refractivity contribution in [2.75, 3.05) is 6.54 Å². The normalized spacial score (nSPS) is 28.7. The van der Waals surface area contributed by atoms with Crippen LogP contribution >= 0.6 is 11.6 Å². The van der Waals surface area contributed by atoms with Gasteiger partial charge in [0.2, 0.25) is 0 Å². The Hall–Kier alpha value is -1.68. The Morgan fingerprint density at radius 2 is 1.92 bits per heavy atom. The topological polar surface area (TPSA) is 46.3 Å². The second kappa shape index (κ2) is 7.15. The molecule has 2 aromatic rings. The van der Waals surface area contributed by atoms with E-state index in [1.807, 2.05) is 18.2 Å². The SMILES string of the molecule is NCC1(c2cccc(Cl)c2)CCC(N2Cc3ccccc3C2C=O)CC1. The lowest BCUT2D eigenvalue weighted by atomic mass is 9.68. The highest BCUT2D eigenvalue weighted by Crippen LogP contribution is 2.44. The maximum Gasteiger partial charge on any atom is 0.141 e. The Kier molecular flexibility index (Phi) is 4.87. The Morgan fingerprint density at radius 1 is 1.15 bits per heavy atom. The first-order valence-corrected chi connectivity index (χ1v) is 9.79. The van der Waals surface area contributed by atoms with Crippen LogP contribution in [0.2, 0.25) is 5.02 Å². The predicted octanol–water partition coefficient (Wildman–Crippen LogP) is 4.23. The van der Waals surface area contributed by atoms with Gasteiger partial charge in [0.1, 0.15) is 6.29 Å². The number of halogens is 1. The lowest BCUT2D eigenvalue weighted by molar-refractivity contribution is -0.113. The van der Waals surface area contributed by atoms with Crippen molar-refractivity contribution in [2.45, 2.75) is 49.7 Å². The van der Waals surface area contributed by atoms with Crippen LogP contribution in [0.3, 0.4) is 0 Å². The smallest absolute Gasteiger partial charge is 0.141 e. The molecular formula is C22H25ClN2O. The third-order valence-electron chi connectivity index (χ3n) is 6.42. The van der Waals surface area contributed by atoms with E-state index >= 15 is 0 Å². The molecule has 1 aliphatic carbocycles. The number of rotatable bonds is 4. The van der Waals surface area contributed by atoms with E-state index in [2.05, 4.69) is 35.2 Å². The summed E-state index contributed by atoms with van der Waals surface area (Å²) >= 11 is 6.22. The van der Waals surface area contributed by atoms with Crippen LogP contribution in [0.4, 0.5) is 0 Å². The molecule has 3 nitrogen and oxygen atoms in total. The first-order chi connectivity index (χ1) is 12.7. The number of nitrogens with zero attached hydrogens (tertiary/aromatic N) is 1. The summed E-state index contributed by atoms with van der Waals surface area (Å²) < 4.78 is 0. The molecule has 0 bridgehead atoms. The minimum atomic E-state index is -0.104. The first-order valence-electron chi connectivity index (χ1n) is 9.42. The van der Waals surface area contributed by atoms with Crippen LogP contribution in [0.25, 0.3) is 0 Å². The average molecular weight is 369 g/mol. The number of carbonyl (C=O) groups is 1. The quantitative estimate of drug-likeness (QED) is 0.821. The first kappa shape index (κ1) is 17.7. The van der Waals surface area contributed by atoms with Crippen LogP contribution in [0, 0.1) is 0 Å². The number of hydrogen-bond donors (Lipinski definition) is 1. The molecule has 1 fully saturated rings. The largest absolute Gasteiger partial charge is 0.330 e. The number of fused-ring (bicyclic) bond motifs is 1. The summed E-state index contributed by atoms with van der Waals surface area (Å²) in [7, 11) is 0. The number of aldehydes is 1. The zero-order chi connectivity index (χ0) is 18.1. The number of carbonyl (C=O) groups excluding carboxylic acids is 1. The summed E-state index contributed by atoms with van der Waals surface area (Å²) in [5.41, 5.74) is 9.95. The maximum atomic E-state index is 11.8. The van der Waals surface area contributed by atoms with Gasteiger partial charge in [0.15, 0.2) is 0 Å². The standard InChI is InChI=1S/C22H25ClN2O/c23-18-6-3-5-17(12-18)22(15-24)10-8-19(9-11-22)25-13-16-4-1-2-7-20(16)21(25)14-26/h1-7,12,14,19,21H,8-11,13,15,24H2. The molecule has 136 valence electrons. The summed E-state index contributed by atoms with van der Waals surface area (Å²) in [6, 6.07) is 16.8. The van der Waals surface area contributed by atoms with Crippen LogP contribution < -0.4 is 5.73 Å². The molecule has 1 unspecified atom stereocenters. The van der Waals surface area contributed by atoms with Crippen molar-refractivity contribution in [3.8, 4) is 0 Å². The molecule has 0 aromatic heterocycles. The van der Waals surface area contributed by atoms with E-state index in [9.17, 15) is 4.79 Å². The number of benzene rings is 2. The van der Waals surface area contributed by atoms with Gasteiger partial charge < -0.3 is 10.5 Å². The van der Waals surface area contributed by atoms with Gasteiger partial charge in [-0.3, -0.25) is 4.90 Å². The van der Waals surface area contributed by atoms with Crippen molar-refractivity contribution < 1.29 is 4.79 Å². The average Bonchev–Trinajstić information content (AvgIpc) is 3.06. The Morgan fingerprint density at radius 3 is 2.62 bits per heavy atom. The zero-order valence-corrected chi connectivity index (χ0v) is 15.7. The third-order valence-corrected chi connectivity index (χ3v) is 6.66. The highest BCUT2D eigenvalue weighted by atomic mass is 35.5. The fourth-order valence-corrected chi connectivity index (χ4v) is 5.05. The summed E-state index contributed by atoms with van der Waals surface area (Å²) in [5.74, 6) is 0. The van der Waals surface area contributed by atoms with Crippen molar-refractivity contribution in [2.24, 2.45) is 5.73 Å². The van der Waals surface area contributed by atoms with Gasteiger partial charge in [0.25, 0.3) is 0 Å². The zero-order valence-electron chi connectivity index (χ0n) is 14.9. The van der Waals surface area contributed by atoms with E-state index < -0.39 is 0 Å². The molecular weight excluding hydrogens is 344 g/mol. The molecule has 0 amide bonds. The highest BCUT2D eigenvalue weighted by molar-refractivity contribution is 6.30. The van der Waals surface area contributed by atoms with Crippen LogP contribution in [0.5, 0.6) is 0 Å². The van der Waals surface area contributed by atoms with Gasteiger partial charge in [-0.2, -0.15) is 0 Å². The van der Waals surface area contributed by atoms with E-state index in [0.29, 0.717) is 12.6 Å². The summed E-state index contributed by atoms with van der Waals surface area (Å²) in [6.45, 7) is 1.51. The van der Waals surface area contributed by atoms with Gasteiger partial charge in [-0.1, -0.05) is 48.0 Å². The molecule has 0 radical (unpaired) electrons. The summed E-state index contributed by atoms with van der Waals surface area (Å²) in [6.07, 6.45) is 5.29. The van der Waals surface area contributed by atoms with E-state index in [1.165, 1.54) is 16.7 Å². The molecule has 1 heterocycles. The van der Waals surface area contributed by atoms with Gasteiger partial charge in [0.05, 0.1) is 6.04 Å². The van der Waals surface area contributed by atoms with E-state index in [-0.39, 0.29) is 11.5 Å². The van der Waals surface area contributed by atoms with Crippen LogP contribution in [-0.4, -0.2) is 23.8 Å². The molecule has 26 heavy (non-hydrogen) atoms. The molecule has 1 saturated carbocycles. The molecule has 0 spiro atoms. The summed E-state index contributed by atoms with van der Waals surface area (Å²) in [4.78, 5) is 14.2. The molecule has 1 aliphatic heterocycles. The lowest BCUT2D eigenvalue weighted by Crippen LogP contribution is -2.45. The third kappa shape index (κ3) is 2.98. The van der Waals surface area contributed by atoms with Crippen molar-refractivity contribution >= 4 is 17.9 Å². The van der Waals surface area contributed by atoms with E-state index in [0.717, 1.165) is 43.5 Å². The summed E-state index contributed by atoms with van der Waals surface area (Å²) in [5, 5.41) is 0.772. The second-order valence-corrected chi connectivity index (χ2v) is 8.11. The Balaban J connectivity index is 1.52. The highest BCUT2D eigenvalue weighted by Gasteiger charge is 2.41. The maximum absolute atomic E-state index is 11.8. The molecule has 4 rings (SSSR count). The predicted molar refractivity (Wildman–Crippen MR) is 105 cm³/mol. The van der Waals surface area contributed by atoms with E-state index in [4.69, 9.17) is 17.3 Å². The molecule has 0 saturated heterocycles.